The fourth-order valence-electron chi connectivity index (χ4n) is 2.96. The van der Waals surface area contributed by atoms with Crippen LogP contribution in [0.5, 0.6) is 5.88 Å². The molecular formula is C18H20ClFN2O. The summed E-state index contributed by atoms with van der Waals surface area (Å²) in [5.74, 6) is 1.15. The molecule has 1 aromatic heterocycles. The van der Waals surface area contributed by atoms with Crippen molar-refractivity contribution in [1.82, 2.24) is 10.3 Å². The molecule has 0 bridgehead atoms. The first-order valence-corrected chi connectivity index (χ1v) is 8.25. The van der Waals surface area contributed by atoms with Crippen molar-refractivity contribution in [3.63, 3.8) is 0 Å². The highest BCUT2D eigenvalue weighted by molar-refractivity contribution is 6.30. The predicted molar refractivity (Wildman–Crippen MR) is 89.4 cm³/mol. The van der Waals surface area contributed by atoms with Gasteiger partial charge in [-0.15, -0.1) is 0 Å². The lowest BCUT2D eigenvalue weighted by atomic mass is 9.85. The maximum absolute atomic E-state index is 13.8. The summed E-state index contributed by atoms with van der Waals surface area (Å²) in [6.07, 6.45) is 1.07. The van der Waals surface area contributed by atoms with Crippen LogP contribution in [0.4, 0.5) is 4.39 Å². The second-order valence-corrected chi connectivity index (χ2v) is 6.44. The van der Waals surface area contributed by atoms with Crippen LogP contribution in [0, 0.1) is 11.7 Å². The van der Waals surface area contributed by atoms with Gasteiger partial charge in [-0.3, -0.25) is 0 Å². The molecule has 0 spiro atoms. The molecule has 122 valence electrons. The Hall–Kier alpha value is -1.65. The van der Waals surface area contributed by atoms with Crippen LogP contribution in [0.2, 0.25) is 5.02 Å². The summed E-state index contributed by atoms with van der Waals surface area (Å²) in [6, 6.07) is 10.4. The van der Waals surface area contributed by atoms with Crippen molar-refractivity contribution in [2.45, 2.75) is 25.9 Å². The minimum Gasteiger partial charge on any atom is -0.473 e. The number of ether oxygens (including phenoxy) is 1. The van der Waals surface area contributed by atoms with Crippen molar-refractivity contribution >= 4 is 11.6 Å². The molecule has 2 unspecified atom stereocenters. The Morgan fingerprint density at radius 3 is 3.00 bits per heavy atom. The first-order valence-electron chi connectivity index (χ1n) is 7.88. The molecule has 2 heterocycles. The van der Waals surface area contributed by atoms with E-state index >= 15 is 0 Å². The van der Waals surface area contributed by atoms with Crippen LogP contribution in [-0.4, -0.2) is 18.1 Å². The highest BCUT2D eigenvalue weighted by Crippen LogP contribution is 2.29. The van der Waals surface area contributed by atoms with E-state index in [0.717, 1.165) is 25.2 Å². The lowest BCUT2D eigenvalue weighted by molar-refractivity contribution is 0.283. The Labute approximate surface area is 140 Å². The standard InChI is InChI=1S/C18H20ClFN2O/c1-12-10-21-8-7-15(12)17-3-2-4-18(22-17)23-11-13-5-6-14(19)9-16(13)20/h2-6,9,12,15,21H,7-8,10-11H2,1H3. The van der Waals surface area contributed by atoms with Crippen molar-refractivity contribution in [2.75, 3.05) is 13.1 Å². The van der Waals surface area contributed by atoms with Crippen molar-refractivity contribution in [2.24, 2.45) is 5.92 Å². The third kappa shape index (κ3) is 4.01. The number of hydrogen-bond donors (Lipinski definition) is 1. The molecule has 0 amide bonds. The van der Waals surface area contributed by atoms with Gasteiger partial charge >= 0.3 is 0 Å². The average Bonchev–Trinajstić information content (AvgIpc) is 2.55. The number of benzene rings is 1. The predicted octanol–water partition coefficient (Wildman–Crippen LogP) is 4.17. The number of hydrogen-bond acceptors (Lipinski definition) is 3. The van der Waals surface area contributed by atoms with Gasteiger partial charge in [-0.05, 0) is 43.6 Å². The lowest BCUT2D eigenvalue weighted by Crippen LogP contribution is -2.34. The maximum Gasteiger partial charge on any atom is 0.213 e. The maximum atomic E-state index is 13.8. The summed E-state index contributed by atoms with van der Waals surface area (Å²) >= 11 is 5.76. The van der Waals surface area contributed by atoms with Gasteiger partial charge in [-0.25, -0.2) is 9.37 Å². The van der Waals surface area contributed by atoms with Crippen LogP contribution in [0.15, 0.2) is 36.4 Å². The molecule has 2 atom stereocenters. The first-order chi connectivity index (χ1) is 11.1. The van der Waals surface area contributed by atoms with Crippen LogP contribution in [-0.2, 0) is 6.61 Å². The molecule has 3 nitrogen and oxygen atoms in total. The molecule has 0 radical (unpaired) electrons. The van der Waals surface area contributed by atoms with Gasteiger partial charge in [0.2, 0.25) is 5.88 Å². The Bertz CT molecular complexity index is 680. The van der Waals surface area contributed by atoms with Gasteiger partial charge in [0, 0.05) is 28.3 Å². The van der Waals surface area contributed by atoms with Crippen LogP contribution in [0.1, 0.15) is 30.5 Å². The van der Waals surface area contributed by atoms with Crippen LogP contribution in [0.3, 0.4) is 0 Å². The lowest BCUT2D eigenvalue weighted by Gasteiger charge is -2.29. The molecule has 1 fully saturated rings. The number of aromatic nitrogens is 1. The number of rotatable bonds is 4. The fourth-order valence-corrected chi connectivity index (χ4v) is 3.12. The Morgan fingerprint density at radius 1 is 1.35 bits per heavy atom. The molecule has 1 aliphatic heterocycles. The van der Waals surface area contributed by atoms with E-state index < -0.39 is 0 Å². The van der Waals surface area contributed by atoms with E-state index in [4.69, 9.17) is 16.3 Å². The van der Waals surface area contributed by atoms with E-state index in [1.54, 1.807) is 12.1 Å². The number of piperidine rings is 1. The summed E-state index contributed by atoms with van der Waals surface area (Å²) < 4.78 is 19.5. The largest absolute Gasteiger partial charge is 0.473 e. The highest BCUT2D eigenvalue weighted by atomic mass is 35.5. The minimum atomic E-state index is -0.361. The molecule has 0 saturated carbocycles. The topological polar surface area (TPSA) is 34.1 Å². The van der Waals surface area contributed by atoms with Gasteiger partial charge < -0.3 is 10.1 Å². The summed E-state index contributed by atoms with van der Waals surface area (Å²) in [5.41, 5.74) is 1.52. The summed E-state index contributed by atoms with van der Waals surface area (Å²) in [7, 11) is 0. The summed E-state index contributed by atoms with van der Waals surface area (Å²) in [5, 5.41) is 3.78. The second kappa shape index (κ2) is 7.28. The van der Waals surface area contributed by atoms with Gasteiger partial charge in [0.1, 0.15) is 12.4 Å². The fraction of sp³-hybridized carbons (Fsp3) is 0.389. The molecule has 0 aliphatic carbocycles. The zero-order chi connectivity index (χ0) is 16.2. The molecule has 1 N–H and O–H groups in total. The molecule has 1 aliphatic rings. The summed E-state index contributed by atoms with van der Waals surface area (Å²) in [4.78, 5) is 4.61. The monoisotopic (exact) mass is 334 g/mol. The Morgan fingerprint density at radius 2 is 2.22 bits per heavy atom. The van der Waals surface area contributed by atoms with Gasteiger partial charge in [0.25, 0.3) is 0 Å². The number of pyridine rings is 1. The Balaban J connectivity index is 1.70. The molecule has 23 heavy (non-hydrogen) atoms. The first kappa shape index (κ1) is 16.2. The van der Waals surface area contributed by atoms with E-state index in [1.807, 2.05) is 18.2 Å². The zero-order valence-electron chi connectivity index (χ0n) is 13.1. The molecule has 1 aromatic carbocycles. The van der Waals surface area contributed by atoms with E-state index in [-0.39, 0.29) is 12.4 Å². The van der Waals surface area contributed by atoms with E-state index in [0.29, 0.717) is 28.3 Å². The third-order valence-corrected chi connectivity index (χ3v) is 4.54. The van der Waals surface area contributed by atoms with E-state index in [2.05, 4.69) is 17.2 Å². The number of nitrogens with one attached hydrogen (secondary N) is 1. The molecule has 1 saturated heterocycles. The third-order valence-electron chi connectivity index (χ3n) is 4.30. The normalized spacial score (nSPS) is 21.2. The smallest absolute Gasteiger partial charge is 0.213 e. The van der Waals surface area contributed by atoms with Gasteiger partial charge in [-0.2, -0.15) is 0 Å². The Kier molecular flexibility index (Phi) is 5.13. The van der Waals surface area contributed by atoms with Gasteiger partial charge in [0.15, 0.2) is 0 Å². The molecule has 2 aromatic rings. The molecular weight excluding hydrogens is 315 g/mol. The zero-order valence-corrected chi connectivity index (χ0v) is 13.8. The average molecular weight is 335 g/mol. The van der Waals surface area contributed by atoms with Crippen LogP contribution < -0.4 is 10.1 Å². The van der Waals surface area contributed by atoms with Crippen molar-refractivity contribution < 1.29 is 9.13 Å². The summed E-state index contributed by atoms with van der Waals surface area (Å²) in [6.45, 7) is 4.39. The van der Waals surface area contributed by atoms with Gasteiger partial charge in [0.05, 0.1) is 0 Å². The van der Waals surface area contributed by atoms with Crippen molar-refractivity contribution in [1.29, 1.82) is 0 Å². The SMILES string of the molecule is CC1CNCCC1c1cccc(OCc2ccc(Cl)cc2F)n1. The second-order valence-electron chi connectivity index (χ2n) is 6.00. The molecule has 3 rings (SSSR count). The molecule has 5 heteroatoms. The quantitative estimate of drug-likeness (QED) is 0.911. The minimum absolute atomic E-state index is 0.140. The van der Waals surface area contributed by atoms with E-state index in [9.17, 15) is 4.39 Å². The van der Waals surface area contributed by atoms with Crippen molar-refractivity contribution in [3.8, 4) is 5.88 Å². The highest BCUT2D eigenvalue weighted by Gasteiger charge is 2.24. The number of nitrogens with zero attached hydrogens (tertiary/aromatic N) is 1. The van der Waals surface area contributed by atoms with Gasteiger partial charge in [-0.1, -0.05) is 30.7 Å². The number of halogens is 2. The van der Waals surface area contributed by atoms with Crippen LogP contribution >= 0.6 is 11.6 Å². The van der Waals surface area contributed by atoms with E-state index in [1.165, 1.54) is 6.07 Å². The van der Waals surface area contributed by atoms with Crippen LogP contribution in [0.25, 0.3) is 0 Å². The van der Waals surface area contributed by atoms with Crippen molar-refractivity contribution in [3.05, 3.63) is 58.5 Å².